The summed E-state index contributed by atoms with van der Waals surface area (Å²) in [5, 5.41) is 7.86. The van der Waals surface area contributed by atoms with Crippen LogP contribution in [-0.2, 0) is 4.79 Å². The van der Waals surface area contributed by atoms with Crippen molar-refractivity contribution in [3.8, 4) is 5.75 Å². The van der Waals surface area contributed by atoms with E-state index in [2.05, 4.69) is 22.3 Å². The number of nitrogens with zero attached hydrogens (tertiary/aromatic N) is 3. The van der Waals surface area contributed by atoms with Crippen LogP contribution >= 0.6 is 0 Å². The SMILES string of the molecule is COc1ccccc1[C@@H]1C2=C(C[C@H](C)CC2=O)Nc2nc(C)nn21. The number of hydrogen-bond donors (Lipinski definition) is 1. The zero-order valence-corrected chi connectivity index (χ0v) is 14.0. The summed E-state index contributed by atoms with van der Waals surface area (Å²) >= 11 is 0. The van der Waals surface area contributed by atoms with Crippen LogP contribution in [0, 0.1) is 12.8 Å². The maximum atomic E-state index is 12.8. The van der Waals surface area contributed by atoms with Gasteiger partial charge in [-0.05, 0) is 25.3 Å². The molecule has 124 valence electrons. The maximum absolute atomic E-state index is 12.8. The lowest BCUT2D eigenvalue weighted by atomic mass is 9.81. The Morgan fingerprint density at radius 3 is 2.88 bits per heavy atom. The second-order valence-corrected chi connectivity index (χ2v) is 6.53. The highest BCUT2D eigenvalue weighted by Gasteiger charge is 2.39. The highest BCUT2D eigenvalue weighted by molar-refractivity contribution is 5.99. The Bertz CT molecular complexity index is 852. The lowest BCUT2D eigenvalue weighted by Gasteiger charge is -2.34. The minimum Gasteiger partial charge on any atom is -0.496 e. The first-order valence-electron chi connectivity index (χ1n) is 8.17. The highest BCUT2D eigenvalue weighted by Crippen LogP contribution is 2.43. The zero-order valence-electron chi connectivity index (χ0n) is 14.0. The average molecular weight is 324 g/mol. The quantitative estimate of drug-likeness (QED) is 0.920. The second-order valence-electron chi connectivity index (χ2n) is 6.53. The first-order chi connectivity index (χ1) is 11.6. The molecule has 0 saturated heterocycles. The van der Waals surface area contributed by atoms with Gasteiger partial charge in [-0.25, -0.2) is 4.68 Å². The molecule has 0 radical (unpaired) electrons. The Balaban J connectivity index is 1.95. The Morgan fingerprint density at radius 1 is 1.29 bits per heavy atom. The third-order valence-electron chi connectivity index (χ3n) is 4.66. The number of Topliss-reactive ketones (excluding diaryl/α,β-unsaturated/α-hetero) is 1. The van der Waals surface area contributed by atoms with E-state index in [1.807, 2.05) is 31.2 Å². The fraction of sp³-hybridized carbons (Fsp3) is 0.389. The standard InChI is InChI=1S/C18H20N4O2/c1-10-8-13-16(14(23)9-10)17(12-6-4-5-7-15(12)24-3)22-18(20-13)19-11(2)21-22/h4-7,10,17H,8-9H2,1-3H3,(H,19,20,21)/t10-,17+/m0/s1. The molecule has 1 N–H and O–H groups in total. The fourth-order valence-corrected chi connectivity index (χ4v) is 3.69. The zero-order chi connectivity index (χ0) is 16.8. The summed E-state index contributed by atoms with van der Waals surface area (Å²) < 4.78 is 7.35. The Hall–Kier alpha value is -2.63. The number of para-hydroxylation sites is 1. The van der Waals surface area contributed by atoms with Gasteiger partial charge in [0.25, 0.3) is 0 Å². The molecule has 6 nitrogen and oxygen atoms in total. The molecule has 6 heteroatoms. The first-order valence-corrected chi connectivity index (χ1v) is 8.17. The fourth-order valence-electron chi connectivity index (χ4n) is 3.69. The second kappa shape index (κ2) is 5.47. The van der Waals surface area contributed by atoms with Crippen molar-refractivity contribution in [2.75, 3.05) is 12.4 Å². The van der Waals surface area contributed by atoms with Crippen molar-refractivity contribution in [3.63, 3.8) is 0 Å². The van der Waals surface area contributed by atoms with Crippen LogP contribution in [-0.4, -0.2) is 27.7 Å². The van der Waals surface area contributed by atoms with Gasteiger partial charge in [0.15, 0.2) is 5.78 Å². The number of rotatable bonds is 2. The molecule has 0 saturated carbocycles. The average Bonchev–Trinajstić information content (AvgIpc) is 2.92. The molecule has 1 aliphatic heterocycles. The van der Waals surface area contributed by atoms with Gasteiger partial charge in [0.1, 0.15) is 17.6 Å². The van der Waals surface area contributed by atoms with Crippen LogP contribution in [0.1, 0.15) is 37.2 Å². The van der Waals surface area contributed by atoms with E-state index in [1.165, 1.54) is 0 Å². The van der Waals surface area contributed by atoms with Crippen molar-refractivity contribution in [2.24, 2.45) is 5.92 Å². The van der Waals surface area contributed by atoms with Gasteiger partial charge in [-0.1, -0.05) is 25.1 Å². The molecule has 2 heterocycles. The first kappa shape index (κ1) is 14.9. The van der Waals surface area contributed by atoms with Gasteiger partial charge in [0.2, 0.25) is 5.95 Å². The number of carbonyl (C=O) groups is 1. The Morgan fingerprint density at radius 2 is 2.08 bits per heavy atom. The van der Waals surface area contributed by atoms with Gasteiger partial charge in [-0.3, -0.25) is 4.79 Å². The van der Waals surface area contributed by atoms with Crippen molar-refractivity contribution in [1.82, 2.24) is 14.8 Å². The minimum atomic E-state index is -0.298. The number of anilines is 1. The summed E-state index contributed by atoms with van der Waals surface area (Å²) in [5.74, 6) is 2.62. The Kier molecular flexibility index (Phi) is 3.40. The largest absolute Gasteiger partial charge is 0.496 e. The van der Waals surface area contributed by atoms with Gasteiger partial charge in [0, 0.05) is 23.3 Å². The number of methoxy groups -OCH3 is 1. The van der Waals surface area contributed by atoms with E-state index in [0.29, 0.717) is 24.1 Å². The van der Waals surface area contributed by atoms with Crippen LogP contribution in [0.3, 0.4) is 0 Å². The van der Waals surface area contributed by atoms with E-state index in [9.17, 15) is 4.79 Å². The molecular formula is C18H20N4O2. The third-order valence-corrected chi connectivity index (χ3v) is 4.66. The lowest BCUT2D eigenvalue weighted by Crippen LogP contribution is -2.33. The normalized spacial score (nSPS) is 22.7. The minimum absolute atomic E-state index is 0.172. The summed E-state index contributed by atoms with van der Waals surface area (Å²) in [4.78, 5) is 17.3. The number of fused-ring (bicyclic) bond motifs is 1. The van der Waals surface area contributed by atoms with E-state index < -0.39 is 0 Å². The topological polar surface area (TPSA) is 69.0 Å². The van der Waals surface area contributed by atoms with Gasteiger partial charge in [-0.2, -0.15) is 10.1 Å². The van der Waals surface area contributed by atoms with Gasteiger partial charge in [0.05, 0.1) is 7.11 Å². The predicted octanol–water partition coefficient (Wildman–Crippen LogP) is 2.86. The highest BCUT2D eigenvalue weighted by atomic mass is 16.5. The number of aromatic nitrogens is 3. The van der Waals surface area contributed by atoms with Gasteiger partial charge >= 0.3 is 0 Å². The van der Waals surface area contributed by atoms with Crippen LogP contribution in [0.2, 0.25) is 0 Å². The number of hydrogen-bond acceptors (Lipinski definition) is 5. The summed E-state index contributed by atoms with van der Waals surface area (Å²) in [6.45, 7) is 3.96. The van der Waals surface area contributed by atoms with Gasteiger partial charge in [-0.15, -0.1) is 0 Å². The van der Waals surface area contributed by atoms with E-state index in [0.717, 1.165) is 29.0 Å². The van der Waals surface area contributed by atoms with Crippen LogP contribution in [0.15, 0.2) is 35.5 Å². The van der Waals surface area contributed by atoms with E-state index in [4.69, 9.17) is 4.74 Å². The molecular weight excluding hydrogens is 304 g/mol. The van der Waals surface area contributed by atoms with E-state index in [-0.39, 0.29) is 11.8 Å². The molecule has 24 heavy (non-hydrogen) atoms. The summed E-state index contributed by atoms with van der Waals surface area (Å²) in [5.41, 5.74) is 2.69. The molecule has 1 aromatic carbocycles. The van der Waals surface area contributed by atoms with E-state index in [1.54, 1.807) is 11.8 Å². The van der Waals surface area contributed by atoms with E-state index >= 15 is 0 Å². The predicted molar refractivity (Wildman–Crippen MR) is 89.9 cm³/mol. The maximum Gasteiger partial charge on any atom is 0.226 e. The summed E-state index contributed by atoms with van der Waals surface area (Å²) in [6.07, 6.45) is 1.41. The molecule has 2 atom stereocenters. The molecule has 0 bridgehead atoms. The van der Waals surface area contributed by atoms with Crippen LogP contribution < -0.4 is 10.1 Å². The van der Waals surface area contributed by atoms with Crippen LogP contribution in [0.25, 0.3) is 0 Å². The number of carbonyl (C=O) groups excluding carboxylic acids is 1. The molecule has 1 aliphatic carbocycles. The molecule has 0 fully saturated rings. The molecule has 1 aromatic heterocycles. The summed E-state index contributed by atoms with van der Waals surface area (Å²) in [6, 6.07) is 7.49. The third kappa shape index (κ3) is 2.21. The molecule has 0 spiro atoms. The lowest BCUT2D eigenvalue weighted by molar-refractivity contribution is -0.117. The smallest absolute Gasteiger partial charge is 0.226 e. The molecule has 0 unspecified atom stereocenters. The van der Waals surface area contributed by atoms with Crippen molar-refractivity contribution < 1.29 is 9.53 Å². The Labute approximate surface area is 140 Å². The van der Waals surface area contributed by atoms with Crippen molar-refractivity contribution >= 4 is 11.7 Å². The summed E-state index contributed by atoms with van der Waals surface area (Å²) in [7, 11) is 1.65. The number of ether oxygens (including phenoxy) is 1. The number of aryl methyl sites for hydroxylation is 1. The number of ketones is 1. The molecule has 2 aromatic rings. The number of allylic oxidation sites excluding steroid dienone is 2. The molecule has 0 amide bonds. The van der Waals surface area contributed by atoms with Crippen molar-refractivity contribution in [3.05, 3.63) is 46.9 Å². The van der Waals surface area contributed by atoms with Crippen molar-refractivity contribution in [1.29, 1.82) is 0 Å². The molecule has 4 rings (SSSR count). The monoisotopic (exact) mass is 324 g/mol. The number of benzene rings is 1. The van der Waals surface area contributed by atoms with Crippen LogP contribution in [0.4, 0.5) is 5.95 Å². The number of nitrogens with one attached hydrogen (secondary N) is 1. The van der Waals surface area contributed by atoms with Crippen molar-refractivity contribution in [2.45, 2.75) is 32.7 Å². The van der Waals surface area contributed by atoms with Crippen LogP contribution in [0.5, 0.6) is 5.75 Å². The van der Waals surface area contributed by atoms with Gasteiger partial charge < -0.3 is 10.1 Å². The molecule has 2 aliphatic rings.